The summed E-state index contributed by atoms with van der Waals surface area (Å²) in [7, 11) is 0. The zero-order valence-corrected chi connectivity index (χ0v) is 8.14. The fourth-order valence-corrected chi connectivity index (χ4v) is 1.14. The van der Waals surface area contributed by atoms with Crippen LogP contribution in [0.15, 0.2) is 25.0 Å². The van der Waals surface area contributed by atoms with Crippen LogP contribution in [-0.4, -0.2) is 14.9 Å². The summed E-state index contributed by atoms with van der Waals surface area (Å²) < 4.78 is 1.84. The molecule has 13 heavy (non-hydrogen) atoms. The van der Waals surface area contributed by atoms with Crippen molar-refractivity contribution in [3.8, 4) is 0 Å². The van der Waals surface area contributed by atoms with E-state index in [2.05, 4.69) is 25.5 Å². The zero-order chi connectivity index (χ0) is 9.84. The molecule has 0 aromatic carbocycles. The van der Waals surface area contributed by atoms with Crippen molar-refractivity contribution in [2.24, 2.45) is 5.92 Å². The molecule has 1 atom stereocenters. The van der Waals surface area contributed by atoms with Gasteiger partial charge in [-0.1, -0.05) is 19.9 Å². The highest BCUT2D eigenvalue weighted by molar-refractivity contribution is 5.12. The molecule has 1 unspecified atom stereocenters. The van der Waals surface area contributed by atoms with Crippen LogP contribution in [0, 0.1) is 5.92 Å². The van der Waals surface area contributed by atoms with Crippen LogP contribution < -0.4 is 0 Å². The smallest absolute Gasteiger partial charge is 0.0999 e. The first kappa shape index (κ1) is 9.99. The molecule has 0 spiro atoms. The summed E-state index contributed by atoms with van der Waals surface area (Å²) in [6, 6.07) is 0. The van der Waals surface area contributed by atoms with E-state index >= 15 is 0 Å². The number of aromatic nitrogens is 2. The summed E-state index contributed by atoms with van der Waals surface area (Å²) in [4.78, 5) is 0. The van der Waals surface area contributed by atoms with Crippen LogP contribution in [0.5, 0.6) is 0 Å². The van der Waals surface area contributed by atoms with Gasteiger partial charge in [0.25, 0.3) is 0 Å². The molecule has 3 nitrogen and oxygen atoms in total. The van der Waals surface area contributed by atoms with Gasteiger partial charge >= 0.3 is 0 Å². The van der Waals surface area contributed by atoms with Gasteiger partial charge in [-0.15, -0.1) is 6.58 Å². The Bertz CT molecular complexity index is 278. The molecule has 1 aromatic rings. The fraction of sp³-hybridized carbons (Fsp3) is 0.500. The lowest BCUT2D eigenvalue weighted by molar-refractivity contribution is 0.229. The van der Waals surface area contributed by atoms with E-state index in [9.17, 15) is 5.11 Å². The predicted octanol–water partition coefficient (Wildman–Crippen LogP) is 1.76. The molecule has 0 radical (unpaired) electrons. The second-order valence-electron chi connectivity index (χ2n) is 3.57. The first-order valence-corrected chi connectivity index (χ1v) is 4.46. The Balaban J connectivity index is 2.68. The molecular formula is C10H16N2O. The van der Waals surface area contributed by atoms with Gasteiger partial charge in [-0.2, -0.15) is 5.10 Å². The average molecular weight is 180 g/mol. The molecule has 1 rings (SSSR count). The van der Waals surface area contributed by atoms with Gasteiger partial charge in [0, 0.05) is 18.3 Å². The third-order valence-corrected chi connectivity index (χ3v) is 1.77. The normalized spacial score (nSPS) is 13.2. The van der Waals surface area contributed by atoms with Crippen molar-refractivity contribution in [3.05, 3.63) is 30.6 Å². The van der Waals surface area contributed by atoms with Crippen molar-refractivity contribution in [2.45, 2.75) is 26.5 Å². The van der Waals surface area contributed by atoms with Crippen LogP contribution in [0.2, 0.25) is 0 Å². The molecule has 0 aliphatic rings. The molecule has 0 bridgehead atoms. The average Bonchev–Trinajstić information content (AvgIpc) is 2.50. The van der Waals surface area contributed by atoms with Crippen LogP contribution in [0.4, 0.5) is 0 Å². The molecule has 1 heterocycles. The molecule has 0 saturated carbocycles. The highest BCUT2D eigenvalue weighted by Crippen LogP contribution is 2.12. The Labute approximate surface area is 78.7 Å². The highest BCUT2D eigenvalue weighted by Gasteiger charge is 2.06. The lowest BCUT2D eigenvalue weighted by Gasteiger charge is -2.04. The Morgan fingerprint density at radius 1 is 1.69 bits per heavy atom. The van der Waals surface area contributed by atoms with Gasteiger partial charge in [0.15, 0.2) is 0 Å². The third kappa shape index (κ3) is 2.70. The minimum atomic E-state index is -0.596. The summed E-state index contributed by atoms with van der Waals surface area (Å²) >= 11 is 0. The van der Waals surface area contributed by atoms with E-state index in [1.165, 1.54) is 6.08 Å². The van der Waals surface area contributed by atoms with E-state index < -0.39 is 6.10 Å². The second kappa shape index (κ2) is 4.23. The predicted molar refractivity (Wildman–Crippen MR) is 52.2 cm³/mol. The van der Waals surface area contributed by atoms with Gasteiger partial charge in [-0.3, -0.25) is 4.68 Å². The van der Waals surface area contributed by atoms with Crippen molar-refractivity contribution in [2.75, 3.05) is 0 Å². The van der Waals surface area contributed by atoms with Gasteiger partial charge in [0.1, 0.15) is 0 Å². The molecule has 3 heteroatoms. The van der Waals surface area contributed by atoms with Gasteiger partial charge < -0.3 is 5.11 Å². The standard InChI is InChI=1S/C10H16N2O/c1-4-10(13)9-5-11-12(7-9)6-8(2)3/h4-5,7-8,10,13H,1,6H2,2-3H3. The summed E-state index contributed by atoms with van der Waals surface area (Å²) in [5, 5.41) is 13.5. The quantitative estimate of drug-likeness (QED) is 0.717. The molecule has 1 N–H and O–H groups in total. The van der Waals surface area contributed by atoms with E-state index in [0.29, 0.717) is 5.92 Å². The topological polar surface area (TPSA) is 38.1 Å². The maximum absolute atomic E-state index is 9.41. The highest BCUT2D eigenvalue weighted by atomic mass is 16.3. The second-order valence-corrected chi connectivity index (χ2v) is 3.57. The summed E-state index contributed by atoms with van der Waals surface area (Å²) in [6.07, 6.45) is 4.43. The molecule has 0 aliphatic carbocycles. The van der Waals surface area contributed by atoms with Crippen molar-refractivity contribution >= 4 is 0 Å². The SMILES string of the molecule is C=CC(O)c1cnn(CC(C)C)c1. The molecule has 72 valence electrons. The van der Waals surface area contributed by atoms with Crippen molar-refractivity contribution in [1.82, 2.24) is 9.78 Å². The van der Waals surface area contributed by atoms with Crippen molar-refractivity contribution in [1.29, 1.82) is 0 Å². The van der Waals surface area contributed by atoms with E-state index in [-0.39, 0.29) is 0 Å². The maximum Gasteiger partial charge on any atom is 0.0999 e. The van der Waals surface area contributed by atoms with Crippen LogP contribution in [0.3, 0.4) is 0 Å². The Morgan fingerprint density at radius 3 is 2.92 bits per heavy atom. The minimum absolute atomic E-state index is 0.564. The lowest BCUT2D eigenvalue weighted by Crippen LogP contribution is -2.04. The number of aliphatic hydroxyl groups excluding tert-OH is 1. The largest absolute Gasteiger partial charge is 0.384 e. The number of hydrogen-bond acceptors (Lipinski definition) is 2. The summed E-state index contributed by atoms with van der Waals surface area (Å²) in [5.74, 6) is 0.564. The Kier molecular flexibility index (Phi) is 3.25. The zero-order valence-electron chi connectivity index (χ0n) is 8.14. The molecule has 0 amide bonds. The summed E-state index contributed by atoms with van der Waals surface area (Å²) in [5.41, 5.74) is 0.802. The monoisotopic (exact) mass is 180 g/mol. The van der Waals surface area contributed by atoms with Crippen LogP contribution in [0.1, 0.15) is 25.5 Å². The van der Waals surface area contributed by atoms with Crippen LogP contribution in [-0.2, 0) is 6.54 Å². The molecule has 0 fully saturated rings. The third-order valence-electron chi connectivity index (χ3n) is 1.77. The van der Waals surface area contributed by atoms with Gasteiger partial charge in [-0.05, 0) is 5.92 Å². The molecule has 0 aliphatic heterocycles. The molecule has 0 saturated heterocycles. The molecular weight excluding hydrogens is 164 g/mol. The van der Waals surface area contributed by atoms with Gasteiger partial charge in [0.05, 0.1) is 12.3 Å². The van der Waals surface area contributed by atoms with E-state index in [4.69, 9.17) is 0 Å². The van der Waals surface area contributed by atoms with Gasteiger partial charge in [-0.25, -0.2) is 0 Å². The summed E-state index contributed by atoms with van der Waals surface area (Å²) in [6.45, 7) is 8.66. The van der Waals surface area contributed by atoms with E-state index in [1.54, 1.807) is 6.20 Å². The van der Waals surface area contributed by atoms with Crippen molar-refractivity contribution < 1.29 is 5.11 Å². The fourth-order valence-electron chi connectivity index (χ4n) is 1.14. The van der Waals surface area contributed by atoms with Crippen LogP contribution >= 0.6 is 0 Å². The number of hydrogen-bond donors (Lipinski definition) is 1. The molecule has 1 aromatic heterocycles. The number of rotatable bonds is 4. The van der Waals surface area contributed by atoms with E-state index in [1.807, 2.05) is 10.9 Å². The number of nitrogens with zero attached hydrogens (tertiary/aromatic N) is 2. The number of aliphatic hydroxyl groups is 1. The van der Waals surface area contributed by atoms with Crippen LogP contribution in [0.25, 0.3) is 0 Å². The lowest BCUT2D eigenvalue weighted by atomic mass is 10.2. The van der Waals surface area contributed by atoms with Gasteiger partial charge in [0.2, 0.25) is 0 Å². The van der Waals surface area contributed by atoms with E-state index in [0.717, 1.165) is 12.1 Å². The first-order chi connectivity index (χ1) is 6.13. The first-order valence-electron chi connectivity index (χ1n) is 4.46. The maximum atomic E-state index is 9.41. The van der Waals surface area contributed by atoms with Crippen molar-refractivity contribution in [3.63, 3.8) is 0 Å². The minimum Gasteiger partial charge on any atom is -0.384 e. The Hall–Kier alpha value is -1.09. The Morgan fingerprint density at radius 2 is 2.38 bits per heavy atom.